The highest BCUT2D eigenvalue weighted by atomic mass is 32.1. The number of aromatic nitrogens is 2. The minimum Gasteiger partial charge on any atom is -0.493 e. The zero-order valence-corrected chi connectivity index (χ0v) is 21.6. The summed E-state index contributed by atoms with van der Waals surface area (Å²) in [5, 5.41) is 12.3. The van der Waals surface area contributed by atoms with E-state index in [-0.39, 0.29) is 12.3 Å². The second-order valence-electron chi connectivity index (χ2n) is 8.07. The van der Waals surface area contributed by atoms with Gasteiger partial charge in [-0.2, -0.15) is 5.10 Å². The highest BCUT2D eigenvalue weighted by molar-refractivity contribution is 7.15. The number of hydrogen-bond donors (Lipinski definition) is 2. The lowest BCUT2D eigenvalue weighted by molar-refractivity contribution is -0.120. The first-order valence-corrected chi connectivity index (χ1v) is 12.8. The summed E-state index contributed by atoms with van der Waals surface area (Å²) in [6.45, 7) is 3.01. The minimum absolute atomic E-state index is 0.0631. The zero-order chi connectivity index (χ0) is 25.6. The summed E-state index contributed by atoms with van der Waals surface area (Å²) in [7, 11) is 1.57. The molecule has 1 heterocycles. The van der Waals surface area contributed by atoms with Gasteiger partial charge in [-0.1, -0.05) is 49.7 Å². The van der Waals surface area contributed by atoms with Crippen molar-refractivity contribution in [3.05, 3.63) is 58.6 Å². The van der Waals surface area contributed by atoms with Crippen LogP contribution in [0.2, 0.25) is 0 Å². The maximum Gasteiger partial charge on any atom is 0.247 e. The van der Waals surface area contributed by atoms with Crippen molar-refractivity contribution in [3.63, 3.8) is 0 Å². The highest BCUT2D eigenvalue weighted by Gasteiger charge is 2.08. The molecule has 2 aromatic carbocycles. The first kappa shape index (κ1) is 26.9. The molecule has 0 aliphatic rings. The molecule has 0 aliphatic carbocycles. The number of carbonyl (C=O) groups excluding carboxylic acids is 1. The van der Waals surface area contributed by atoms with Crippen molar-refractivity contribution < 1.29 is 19.0 Å². The molecule has 0 aliphatic heterocycles. The number of unbranched alkanes of at least 4 members (excludes halogenated alkanes) is 3. The molecule has 0 radical (unpaired) electrons. The standard InChI is InChI=1S/C26H33N5O4S/c1-3-4-5-6-7-19-8-11-21(12-9-19)34-14-15-35-22-13-10-20(16-23(22)33-2)18-28-29-24(32)17-25-30-31-26(27)36-25/h8-13,16,18H,3-7,14-15,17H2,1-2H3,(H2,27,31)(H,29,32)/b28-18+. The average molecular weight is 512 g/mol. The number of nitrogen functional groups attached to an aromatic ring is 1. The molecule has 192 valence electrons. The molecule has 1 aromatic heterocycles. The molecule has 0 spiro atoms. The Morgan fingerprint density at radius 1 is 1.06 bits per heavy atom. The van der Waals surface area contributed by atoms with Crippen LogP contribution in [0.4, 0.5) is 5.13 Å². The number of nitrogens with two attached hydrogens (primary N) is 1. The predicted molar refractivity (Wildman–Crippen MR) is 142 cm³/mol. The number of anilines is 1. The van der Waals surface area contributed by atoms with E-state index < -0.39 is 0 Å². The molecule has 0 atom stereocenters. The van der Waals surface area contributed by atoms with Gasteiger partial charge in [-0.05, 0) is 54.3 Å². The fourth-order valence-corrected chi connectivity index (χ4v) is 4.00. The SMILES string of the molecule is CCCCCCc1ccc(OCCOc2ccc(/C=N/NC(=O)Cc3nnc(N)s3)cc2OC)cc1. The van der Waals surface area contributed by atoms with Gasteiger partial charge in [0, 0.05) is 0 Å². The number of rotatable bonds is 15. The van der Waals surface area contributed by atoms with Gasteiger partial charge in [-0.15, -0.1) is 10.2 Å². The number of hydrazone groups is 1. The lowest BCUT2D eigenvalue weighted by atomic mass is 10.1. The van der Waals surface area contributed by atoms with Crippen LogP contribution in [0.5, 0.6) is 17.2 Å². The Kier molecular flexibility index (Phi) is 11.0. The number of nitrogens with one attached hydrogen (secondary N) is 1. The van der Waals surface area contributed by atoms with Gasteiger partial charge in [0.15, 0.2) is 11.5 Å². The Labute approximate surface area is 215 Å². The van der Waals surface area contributed by atoms with Crippen LogP contribution in [0.3, 0.4) is 0 Å². The molecule has 1 amide bonds. The summed E-state index contributed by atoms with van der Waals surface area (Å²) in [6, 6.07) is 13.6. The maximum absolute atomic E-state index is 11.9. The second-order valence-corrected chi connectivity index (χ2v) is 9.16. The van der Waals surface area contributed by atoms with E-state index >= 15 is 0 Å². The average Bonchev–Trinajstić information content (AvgIpc) is 3.30. The molecule has 3 aromatic rings. The fraction of sp³-hybridized carbons (Fsp3) is 0.385. The summed E-state index contributed by atoms with van der Waals surface area (Å²) in [6.07, 6.45) is 7.75. The van der Waals surface area contributed by atoms with Gasteiger partial charge in [0.2, 0.25) is 11.0 Å². The van der Waals surface area contributed by atoms with Crippen LogP contribution in [0.1, 0.15) is 48.7 Å². The first-order chi connectivity index (χ1) is 17.6. The summed E-state index contributed by atoms with van der Waals surface area (Å²) in [4.78, 5) is 11.9. The molecule has 0 saturated carbocycles. The number of methoxy groups -OCH3 is 1. The third-order valence-electron chi connectivity index (χ3n) is 5.24. The van der Waals surface area contributed by atoms with Crippen LogP contribution in [-0.4, -0.2) is 42.6 Å². The van der Waals surface area contributed by atoms with Gasteiger partial charge in [-0.25, -0.2) is 5.43 Å². The zero-order valence-electron chi connectivity index (χ0n) is 20.7. The van der Waals surface area contributed by atoms with E-state index in [0.29, 0.717) is 34.9 Å². The Bertz CT molecular complexity index is 1120. The van der Waals surface area contributed by atoms with Crippen molar-refractivity contribution >= 4 is 28.6 Å². The Hall–Kier alpha value is -3.66. The third kappa shape index (κ3) is 9.18. The summed E-state index contributed by atoms with van der Waals surface area (Å²) < 4.78 is 17.1. The van der Waals surface area contributed by atoms with Crippen molar-refractivity contribution in [3.8, 4) is 17.2 Å². The molecule has 0 unspecified atom stereocenters. The number of benzene rings is 2. The van der Waals surface area contributed by atoms with Gasteiger partial charge in [0.25, 0.3) is 0 Å². The van der Waals surface area contributed by atoms with E-state index in [1.54, 1.807) is 19.2 Å². The summed E-state index contributed by atoms with van der Waals surface area (Å²) >= 11 is 1.17. The number of nitrogens with zero attached hydrogens (tertiary/aromatic N) is 3. The lowest BCUT2D eigenvalue weighted by Gasteiger charge is -2.12. The molecule has 0 fully saturated rings. The molecule has 9 nitrogen and oxygen atoms in total. The minimum atomic E-state index is -0.309. The molecule has 10 heteroatoms. The third-order valence-corrected chi connectivity index (χ3v) is 5.99. The van der Waals surface area contributed by atoms with E-state index in [0.717, 1.165) is 17.7 Å². The van der Waals surface area contributed by atoms with Crippen LogP contribution < -0.4 is 25.4 Å². The first-order valence-electron chi connectivity index (χ1n) is 12.0. The van der Waals surface area contributed by atoms with E-state index in [1.807, 2.05) is 18.2 Å². The number of ether oxygens (including phenoxy) is 3. The molecular weight excluding hydrogens is 478 g/mol. The van der Waals surface area contributed by atoms with Gasteiger partial charge in [-0.3, -0.25) is 4.79 Å². The van der Waals surface area contributed by atoms with Crippen molar-refractivity contribution in [2.24, 2.45) is 5.10 Å². The monoisotopic (exact) mass is 511 g/mol. The van der Waals surface area contributed by atoms with Gasteiger partial charge in [0.1, 0.15) is 24.0 Å². The fourth-order valence-electron chi connectivity index (χ4n) is 3.40. The van der Waals surface area contributed by atoms with Gasteiger partial charge >= 0.3 is 0 Å². The molecule has 3 rings (SSSR count). The van der Waals surface area contributed by atoms with Crippen LogP contribution in [0.15, 0.2) is 47.6 Å². The lowest BCUT2D eigenvalue weighted by Crippen LogP contribution is -2.19. The smallest absolute Gasteiger partial charge is 0.247 e. The Balaban J connectivity index is 1.40. The predicted octanol–water partition coefficient (Wildman–Crippen LogP) is 4.40. The summed E-state index contributed by atoms with van der Waals surface area (Å²) in [5.74, 6) is 1.67. The highest BCUT2D eigenvalue weighted by Crippen LogP contribution is 2.27. The van der Waals surface area contributed by atoms with E-state index in [9.17, 15) is 4.79 Å². The molecule has 3 N–H and O–H groups in total. The number of amides is 1. The molecule has 0 bridgehead atoms. The van der Waals surface area contributed by atoms with E-state index in [2.05, 4.69) is 39.8 Å². The van der Waals surface area contributed by atoms with Crippen LogP contribution in [0.25, 0.3) is 0 Å². The van der Waals surface area contributed by atoms with Crippen LogP contribution in [-0.2, 0) is 17.6 Å². The molecule has 36 heavy (non-hydrogen) atoms. The topological polar surface area (TPSA) is 121 Å². The van der Waals surface area contributed by atoms with Crippen molar-refractivity contribution in [1.29, 1.82) is 0 Å². The summed E-state index contributed by atoms with van der Waals surface area (Å²) in [5.41, 5.74) is 10.1. The van der Waals surface area contributed by atoms with Crippen molar-refractivity contribution in [1.82, 2.24) is 15.6 Å². The van der Waals surface area contributed by atoms with Crippen molar-refractivity contribution in [2.75, 3.05) is 26.1 Å². The number of aryl methyl sites for hydroxylation is 1. The van der Waals surface area contributed by atoms with Crippen LogP contribution >= 0.6 is 11.3 Å². The Morgan fingerprint density at radius 3 is 2.58 bits per heavy atom. The normalized spacial score (nSPS) is 10.9. The maximum atomic E-state index is 11.9. The quantitative estimate of drug-likeness (QED) is 0.176. The molecule has 0 saturated heterocycles. The van der Waals surface area contributed by atoms with Crippen molar-refractivity contribution in [2.45, 2.75) is 45.4 Å². The van der Waals surface area contributed by atoms with Crippen LogP contribution in [0, 0.1) is 0 Å². The van der Waals surface area contributed by atoms with E-state index in [4.69, 9.17) is 19.9 Å². The second kappa shape index (κ2) is 14.7. The number of hydrogen-bond acceptors (Lipinski definition) is 9. The largest absolute Gasteiger partial charge is 0.493 e. The van der Waals surface area contributed by atoms with Gasteiger partial charge < -0.3 is 19.9 Å². The van der Waals surface area contributed by atoms with E-state index in [1.165, 1.54) is 48.8 Å². The number of carbonyl (C=O) groups is 1. The van der Waals surface area contributed by atoms with Gasteiger partial charge in [0.05, 0.1) is 19.7 Å². The Morgan fingerprint density at radius 2 is 1.86 bits per heavy atom. The molecular formula is C26H33N5O4S.